The Morgan fingerprint density at radius 1 is 1.62 bits per heavy atom. The van der Waals surface area contributed by atoms with Crippen LogP contribution >= 0.6 is 0 Å². The topological polar surface area (TPSA) is 49.4 Å². The van der Waals surface area contributed by atoms with Crippen LogP contribution in [0.25, 0.3) is 0 Å². The third kappa shape index (κ3) is 2.44. The van der Waals surface area contributed by atoms with Crippen molar-refractivity contribution < 1.29 is 9.59 Å². The summed E-state index contributed by atoms with van der Waals surface area (Å²) in [6.45, 7) is 5.16. The summed E-state index contributed by atoms with van der Waals surface area (Å²) in [6.07, 6.45) is 0.941. The van der Waals surface area contributed by atoms with Crippen molar-refractivity contribution in [2.75, 3.05) is 13.1 Å². The molecule has 0 spiro atoms. The average Bonchev–Trinajstić information content (AvgIpc) is 2.46. The van der Waals surface area contributed by atoms with Crippen molar-refractivity contribution in [1.82, 2.24) is 10.2 Å². The predicted octanol–water partition coefficient (Wildman–Crippen LogP) is 0.133. The Labute approximate surface area is 78.3 Å². The van der Waals surface area contributed by atoms with Crippen LogP contribution < -0.4 is 5.32 Å². The Morgan fingerprint density at radius 2 is 2.31 bits per heavy atom. The molecule has 1 unspecified atom stereocenters. The van der Waals surface area contributed by atoms with Crippen molar-refractivity contribution in [3.8, 4) is 0 Å². The van der Waals surface area contributed by atoms with Crippen LogP contribution in [-0.4, -0.2) is 35.8 Å². The van der Waals surface area contributed by atoms with Crippen molar-refractivity contribution in [1.29, 1.82) is 0 Å². The van der Waals surface area contributed by atoms with Crippen LogP contribution in [0.15, 0.2) is 0 Å². The van der Waals surface area contributed by atoms with Gasteiger partial charge in [-0.1, -0.05) is 6.92 Å². The van der Waals surface area contributed by atoms with E-state index in [0.29, 0.717) is 19.4 Å². The fourth-order valence-electron chi connectivity index (χ4n) is 1.50. The Bertz CT molecular complexity index is 216. The molecule has 1 saturated heterocycles. The van der Waals surface area contributed by atoms with Gasteiger partial charge in [-0.3, -0.25) is 9.59 Å². The largest absolute Gasteiger partial charge is 0.351 e. The molecule has 0 aromatic heterocycles. The minimum absolute atomic E-state index is 0.0238. The van der Waals surface area contributed by atoms with E-state index in [4.69, 9.17) is 0 Å². The van der Waals surface area contributed by atoms with E-state index in [9.17, 15) is 9.59 Å². The standard InChI is InChI=1S/C9H16N2O2/c1-3-8(12)10-7-5-9(13)11(4-2)6-7/h7H,3-6H2,1-2H3,(H,10,12). The fraction of sp³-hybridized carbons (Fsp3) is 0.778. The van der Waals surface area contributed by atoms with Gasteiger partial charge in [-0.05, 0) is 6.92 Å². The first-order valence-corrected chi connectivity index (χ1v) is 4.74. The van der Waals surface area contributed by atoms with Crippen LogP contribution in [0.4, 0.5) is 0 Å². The summed E-state index contributed by atoms with van der Waals surface area (Å²) in [7, 11) is 0. The Hall–Kier alpha value is -1.06. The molecule has 1 N–H and O–H groups in total. The van der Waals surface area contributed by atoms with Gasteiger partial charge >= 0.3 is 0 Å². The molecule has 0 saturated carbocycles. The highest BCUT2D eigenvalue weighted by atomic mass is 16.2. The average molecular weight is 184 g/mol. The van der Waals surface area contributed by atoms with E-state index in [2.05, 4.69) is 5.32 Å². The van der Waals surface area contributed by atoms with Crippen LogP contribution in [-0.2, 0) is 9.59 Å². The summed E-state index contributed by atoms with van der Waals surface area (Å²) in [5, 5.41) is 2.82. The smallest absolute Gasteiger partial charge is 0.224 e. The molecule has 0 bridgehead atoms. The van der Waals surface area contributed by atoms with E-state index in [1.807, 2.05) is 13.8 Å². The van der Waals surface area contributed by atoms with Crippen LogP contribution in [0.3, 0.4) is 0 Å². The van der Waals surface area contributed by atoms with Crippen molar-refractivity contribution in [3.63, 3.8) is 0 Å². The van der Waals surface area contributed by atoms with Crippen molar-refractivity contribution in [2.45, 2.75) is 32.7 Å². The van der Waals surface area contributed by atoms with Crippen LogP contribution in [0.1, 0.15) is 26.7 Å². The van der Waals surface area contributed by atoms with Gasteiger partial charge in [-0.15, -0.1) is 0 Å². The summed E-state index contributed by atoms with van der Waals surface area (Å²) in [4.78, 5) is 24.1. The number of amides is 2. The van der Waals surface area contributed by atoms with Gasteiger partial charge in [-0.2, -0.15) is 0 Å². The van der Waals surface area contributed by atoms with Gasteiger partial charge in [-0.25, -0.2) is 0 Å². The second-order valence-electron chi connectivity index (χ2n) is 3.25. The quantitative estimate of drug-likeness (QED) is 0.678. The summed E-state index contributed by atoms with van der Waals surface area (Å²) >= 11 is 0. The Balaban J connectivity index is 2.40. The summed E-state index contributed by atoms with van der Waals surface area (Å²) in [5.74, 6) is 0.166. The van der Waals surface area contributed by atoms with Crippen molar-refractivity contribution in [3.05, 3.63) is 0 Å². The molecule has 1 aliphatic heterocycles. The van der Waals surface area contributed by atoms with Gasteiger partial charge in [0.1, 0.15) is 0 Å². The molecule has 1 fully saturated rings. The Kier molecular flexibility index (Phi) is 3.28. The zero-order valence-corrected chi connectivity index (χ0v) is 8.17. The number of carbonyl (C=O) groups excluding carboxylic acids is 2. The van der Waals surface area contributed by atoms with Gasteiger partial charge in [0.15, 0.2) is 0 Å². The van der Waals surface area contributed by atoms with E-state index < -0.39 is 0 Å². The number of rotatable bonds is 3. The number of carbonyl (C=O) groups is 2. The summed E-state index contributed by atoms with van der Waals surface area (Å²) in [5.41, 5.74) is 0. The molecule has 13 heavy (non-hydrogen) atoms. The minimum atomic E-state index is 0.0238. The maximum absolute atomic E-state index is 11.3. The van der Waals surface area contributed by atoms with E-state index in [1.165, 1.54) is 0 Å². The lowest BCUT2D eigenvalue weighted by atomic mass is 10.2. The molecule has 0 radical (unpaired) electrons. The third-order valence-corrected chi connectivity index (χ3v) is 2.28. The number of likely N-dealkylation sites (tertiary alicyclic amines) is 1. The van der Waals surface area contributed by atoms with Gasteiger partial charge < -0.3 is 10.2 Å². The van der Waals surface area contributed by atoms with Gasteiger partial charge in [0.05, 0.1) is 6.04 Å². The molecule has 1 aliphatic rings. The number of nitrogens with one attached hydrogen (secondary N) is 1. The third-order valence-electron chi connectivity index (χ3n) is 2.28. The van der Waals surface area contributed by atoms with Crippen LogP contribution in [0, 0.1) is 0 Å². The molecule has 4 nitrogen and oxygen atoms in total. The van der Waals surface area contributed by atoms with E-state index in [1.54, 1.807) is 4.90 Å². The molecule has 0 aliphatic carbocycles. The molecule has 0 aromatic carbocycles. The van der Waals surface area contributed by atoms with E-state index in [0.717, 1.165) is 6.54 Å². The molecule has 1 rings (SSSR count). The Morgan fingerprint density at radius 3 is 2.77 bits per heavy atom. The van der Waals surface area contributed by atoms with Gasteiger partial charge in [0, 0.05) is 25.9 Å². The minimum Gasteiger partial charge on any atom is -0.351 e. The number of hydrogen-bond donors (Lipinski definition) is 1. The van der Waals surface area contributed by atoms with Gasteiger partial charge in [0.2, 0.25) is 11.8 Å². The first-order valence-electron chi connectivity index (χ1n) is 4.74. The highest BCUT2D eigenvalue weighted by molar-refractivity contribution is 5.82. The first-order chi connectivity index (χ1) is 6.17. The number of likely N-dealkylation sites (N-methyl/N-ethyl adjacent to an activating group) is 1. The second kappa shape index (κ2) is 4.25. The van der Waals surface area contributed by atoms with E-state index >= 15 is 0 Å². The molecular formula is C9H16N2O2. The molecule has 74 valence electrons. The zero-order chi connectivity index (χ0) is 9.84. The molecule has 1 atom stereocenters. The maximum atomic E-state index is 11.3. The summed E-state index contributed by atoms with van der Waals surface area (Å²) in [6, 6.07) is 0.0277. The summed E-state index contributed by atoms with van der Waals surface area (Å²) < 4.78 is 0. The monoisotopic (exact) mass is 184 g/mol. The maximum Gasteiger partial charge on any atom is 0.224 e. The fourth-order valence-corrected chi connectivity index (χ4v) is 1.50. The molecule has 1 heterocycles. The second-order valence-corrected chi connectivity index (χ2v) is 3.25. The van der Waals surface area contributed by atoms with Crippen LogP contribution in [0.5, 0.6) is 0 Å². The van der Waals surface area contributed by atoms with E-state index in [-0.39, 0.29) is 17.9 Å². The normalized spacial score (nSPS) is 22.2. The lowest BCUT2D eigenvalue weighted by Gasteiger charge is -2.14. The highest BCUT2D eigenvalue weighted by Crippen LogP contribution is 2.10. The molecular weight excluding hydrogens is 168 g/mol. The molecule has 0 aromatic rings. The SMILES string of the molecule is CCC(=O)NC1CC(=O)N(CC)C1. The zero-order valence-electron chi connectivity index (χ0n) is 8.17. The molecule has 2 amide bonds. The van der Waals surface area contributed by atoms with Crippen LogP contribution in [0.2, 0.25) is 0 Å². The lowest BCUT2D eigenvalue weighted by Crippen LogP contribution is -2.36. The molecule has 4 heteroatoms. The number of hydrogen-bond acceptors (Lipinski definition) is 2. The highest BCUT2D eigenvalue weighted by Gasteiger charge is 2.28. The first kappa shape index (κ1) is 10.0. The predicted molar refractivity (Wildman–Crippen MR) is 49.1 cm³/mol. The lowest BCUT2D eigenvalue weighted by molar-refractivity contribution is -0.127. The number of nitrogens with zero attached hydrogens (tertiary/aromatic N) is 1. The van der Waals surface area contributed by atoms with Gasteiger partial charge in [0.25, 0.3) is 0 Å². The van der Waals surface area contributed by atoms with Crippen molar-refractivity contribution in [2.24, 2.45) is 0 Å². The van der Waals surface area contributed by atoms with Crippen molar-refractivity contribution >= 4 is 11.8 Å².